The van der Waals surface area contributed by atoms with Gasteiger partial charge in [0.05, 0.1) is 16.7 Å². The molecule has 0 N–H and O–H groups in total. The normalized spacial score (nSPS) is 13.3. The molecule has 2 aromatic heterocycles. The maximum atomic E-state index is 5.18. The van der Waals surface area contributed by atoms with Crippen LogP contribution in [0.15, 0.2) is 200 Å². The van der Waals surface area contributed by atoms with Gasteiger partial charge in [0, 0.05) is 5.39 Å². The van der Waals surface area contributed by atoms with Gasteiger partial charge in [0.1, 0.15) is 5.65 Å². The predicted octanol–water partition coefficient (Wildman–Crippen LogP) is 16.4. The lowest BCUT2D eigenvalue weighted by molar-refractivity contribution is 1.18. The van der Waals surface area contributed by atoms with E-state index in [1.54, 1.807) is 0 Å². The van der Waals surface area contributed by atoms with Gasteiger partial charge in [-0.2, -0.15) is 0 Å². The Labute approximate surface area is 360 Å². The fourth-order valence-corrected chi connectivity index (χ4v) is 10.1. The Morgan fingerprint density at radius 2 is 1.10 bits per heavy atom. The highest BCUT2D eigenvalue weighted by molar-refractivity contribution is 6.21. The molecule has 2 heteroatoms. The summed E-state index contributed by atoms with van der Waals surface area (Å²) >= 11 is 0. The van der Waals surface area contributed by atoms with Crippen molar-refractivity contribution < 1.29 is 0 Å². The minimum absolute atomic E-state index is 0.867. The van der Waals surface area contributed by atoms with Crippen LogP contribution < -0.4 is 0 Å². The monoisotopic (exact) mass is 790 g/mol. The first-order valence-electron chi connectivity index (χ1n) is 21.6. The van der Waals surface area contributed by atoms with Crippen LogP contribution in [0.25, 0.3) is 110 Å². The van der Waals surface area contributed by atoms with Crippen molar-refractivity contribution in [1.29, 1.82) is 0 Å². The molecule has 0 bridgehead atoms. The maximum absolute atomic E-state index is 5.18. The zero-order valence-electron chi connectivity index (χ0n) is 34.7. The molecule has 11 aromatic rings. The third-order valence-corrected chi connectivity index (χ3v) is 13.1. The number of aryl methyl sites for hydroxylation is 1. The molecule has 292 valence electrons. The highest BCUT2D eigenvalue weighted by Crippen LogP contribution is 2.45. The minimum atomic E-state index is 0.867. The SMILES string of the molecule is C/C=C\c1c(C)c2cc(-c3ccc4c(C5=CC=C(c6ccc7ccccc7c6)CC=C5)c5ccccc5c(-c5ccc6ccccc6c5)c4c3)ccc2c2nc3ccccc3n12. The molecule has 0 spiro atoms. The summed E-state index contributed by atoms with van der Waals surface area (Å²) in [5.41, 5.74) is 15.4. The molecule has 0 saturated heterocycles. The maximum Gasteiger partial charge on any atom is 0.146 e. The van der Waals surface area contributed by atoms with Crippen molar-refractivity contribution in [3.8, 4) is 22.3 Å². The number of hydrogen-bond donors (Lipinski definition) is 0. The van der Waals surface area contributed by atoms with Gasteiger partial charge in [-0.15, -0.1) is 0 Å². The summed E-state index contributed by atoms with van der Waals surface area (Å²) < 4.78 is 2.32. The molecule has 1 aliphatic carbocycles. The number of imidazole rings is 1. The third kappa shape index (κ3) is 5.75. The number of nitrogens with zero attached hydrogens (tertiary/aromatic N) is 2. The summed E-state index contributed by atoms with van der Waals surface area (Å²) in [5, 5.41) is 12.4. The standard InChI is InChI=1S/C60H42N2/c1-3-13-56-38(2)53-36-46(31-33-52(53)60-61-55-22-10-11-23-57(55)62(56)60)47-30-32-51-54(37-47)59(48-29-26-40-15-5-7-17-44(40)35-48)50-21-9-8-20-49(50)58(51)42-19-12-18-41(24-27-42)45-28-25-39-14-4-6-16-43(39)34-45/h3-17,19-37H,18H2,1-2H3/b13-3-. The lowest BCUT2D eigenvalue weighted by Crippen LogP contribution is -1.98. The summed E-state index contributed by atoms with van der Waals surface area (Å²) in [6, 6.07) is 62.6. The molecule has 9 aromatic carbocycles. The first-order valence-corrected chi connectivity index (χ1v) is 21.6. The summed E-state index contributed by atoms with van der Waals surface area (Å²) in [7, 11) is 0. The van der Waals surface area contributed by atoms with Gasteiger partial charge in [-0.1, -0.05) is 164 Å². The number of fused-ring (bicyclic) bond motifs is 9. The largest absolute Gasteiger partial charge is 0.292 e. The fraction of sp³-hybridized carbons (Fsp3) is 0.0500. The smallest absolute Gasteiger partial charge is 0.146 e. The van der Waals surface area contributed by atoms with Crippen LogP contribution in [0.4, 0.5) is 0 Å². The van der Waals surface area contributed by atoms with Crippen molar-refractivity contribution in [3.63, 3.8) is 0 Å². The Bertz CT molecular complexity index is 3790. The molecule has 2 nitrogen and oxygen atoms in total. The lowest BCUT2D eigenvalue weighted by Gasteiger charge is -2.19. The number of rotatable bonds is 5. The van der Waals surface area contributed by atoms with E-state index >= 15 is 0 Å². The number of hydrogen-bond acceptors (Lipinski definition) is 1. The van der Waals surface area contributed by atoms with Crippen LogP contribution in [0.1, 0.15) is 35.7 Å². The zero-order valence-corrected chi connectivity index (χ0v) is 34.7. The average Bonchev–Trinajstić information content (AvgIpc) is 3.54. The van der Waals surface area contributed by atoms with Gasteiger partial charge in [0.25, 0.3) is 0 Å². The van der Waals surface area contributed by atoms with Gasteiger partial charge < -0.3 is 0 Å². The van der Waals surface area contributed by atoms with Crippen LogP contribution >= 0.6 is 0 Å². The lowest BCUT2D eigenvalue weighted by atomic mass is 9.84. The van der Waals surface area contributed by atoms with E-state index in [1.165, 1.54) is 98.6 Å². The summed E-state index contributed by atoms with van der Waals surface area (Å²) in [6.07, 6.45) is 14.6. The topological polar surface area (TPSA) is 17.3 Å². The molecule has 62 heavy (non-hydrogen) atoms. The van der Waals surface area contributed by atoms with Crippen molar-refractivity contribution in [1.82, 2.24) is 9.38 Å². The molecule has 0 saturated carbocycles. The van der Waals surface area contributed by atoms with Crippen LogP contribution in [0.5, 0.6) is 0 Å². The molecular formula is C60H42N2. The highest BCUT2D eigenvalue weighted by Gasteiger charge is 2.20. The Morgan fingerprint density at radius 1 is 0.500 bits per heavy atom. The second-order valence-corrected chi connectivity index (χ2v) is 16.6. The van der Waals surface area contributed by atoms with E-state index in [2.05, 4.69) is 225 Å². The van der Waals surface area contributed by atoms with Gasteiger partial charge >= 0.3 is 0 Å². The van der Waals surface area contributed by atoms with E-state index in [-0.39, 0.29) is 0 Å². The number of pyridine rings is 1. The Morgan fingerprint density at radius 3 is 1.85 bits per heavy atom. The second kappa shape index (κ2) is 14.4. The Hall–Kier alpha value is -7.81. The predicted molar refractivity (Wildman–Crippen MR) is 267 cm³/mol. The number of para-hydroxylation sites is 2. The number of allylic oxidation sites excluding steroid dienone is 7. The van der Waals surface area contributed by atoms with Gasteiger partial charge in [-0.25, -0.2) is 4.98 Å². The molecule has 0 unspecified atom stereocenters. The van der Waals surface area contributed by atoms with Gasteiger partial charge in [0.15, 0.2) is 0 Å². The molecule has 2 heterocycles. The Kier molecular flexibility index (Phi) is 8.40. The molecular weight excluding hydrogens is 749 g/mol. The Balaban J connectivity index is 1.10. The fourth-order valence-electron chi connectivity index (χ4n) is 10.1. The molecule has 0 amide bonds. The van der Waals surface area contributed by atoms with Crippen molar-refractivity contribution >= 4 is 87.8 Å². The number of aromatic nitrogens is 2. The molecule has 0 radical (unpaired) electrons. The first kappa shape index (κ1) is 36.1. The van der Waals surface area contributed by atoms with E-state index < -0.39 is 0 Å². The summed E-state index contributed by atoms with van der Waals surface area (Å²) in [6.45, 7) is 4.34. The summed E-state index contributed by atoms with van der Waals surface area (Å²) in [4.78, 5) is 5.18. The molecule has 0 atom stereocenters. The van der Waals surface area contributed by atoms with Gasteiger partial charge in [0.2, 0.25) is 0 Å². The minimum Gasteiger partial charge on any atom is -0.292 e. The van der Waals surface area contributed by atoms with E-state index in [4.69, 9.17) is 4.98 Å². The summed E-state index contributed by atoms with van der Waals surface area (Å²) in [5.74, 6) is 0. The molecule has 0 aliphatic heterocycles. The van der Waals surface area contributed by atoms with Crippen molar-refractivity contribution in [3.05, 3.63) is 223 Å². The van der Waals surface area contributed by atoms with Crippen LogP contribution in [0.2, 0.25) is 0 Å². The van der Waals surface area contributed by atoms with Crippen molar-refractivity contribution in [2.24, 2.45) is 0 Å². The first-order chi connectivity index (χ1) is 30.6. The zero-order chi connectivity index (χ0) is 41.3. The average molecular weight is 791 g/mol. The van der Waals surface area contributed by atoms with Crippen LogP contribution in [-0.2, 0) is 0 Å². The van der Waals surface area contributed by atoms with Gasteiger partial charge in [-0.3, -0.25) is 4.40 Å². The van der Waals surface area contributed by atoms with E-state index in [1.807, 2.05) is 0 Å². The molecule has 1 aliphatic rings. The van der Waals surface area contributed by atoms with Crippen LogP contribution in [0, 0.1) is 6.92 Å². The number of benzene rings is 9. The van der Waals surface area contributed by atoms with E-state index in [0.29, 0.717) is 0 Å². The van der Waals surface area contributed by atoms with E-state index in [9.17, 15) is 0 Å². The molecule has 12 rings (SSSR count). The van der Waals surface area contributed by atoms with Crippen molar-refractivity contribution in [2.75, 3.05) is 0 Å². The highest BCUT2D eigenvalue weighted by atomic mass is 15.0. The quantitative estimate of drug-likeness (QED) is 0.159. The van der Waals surface area contributed by atoms with Crippen LogP contribution in [0.3, 0.4) is 0 Å². The second-order valence-electron chi connectivity index (χ2n) is 16.6. The molecule has 0 fully saturated rings. The van der Waals surface area contributed by atoms with Gasteiger partial charge in [-0.05, 0) is 161 Å². The van der Waals surface area contributed by atoms with Crippen molar-refractivity contribution in [2.45, 2.75) is 20.3 Å². The van der Waals surface area contributed by atoms with Crippen LogP contribution in [-0.4, -0.2) is 9.38 Å². The van der Waals surface area contributed by atoms with E-state index in [0.717, 1.165) is 34.2 Å². The third-order valence-electron chi connectivity index (χ3n) is 13.1.